The van der Waals surface area contributed by atoms with E-state index < -0.39 is 0 Å². The number of thioether (sulfide) groups is 1. The van der Waals surface area contributed by atoms with Crippen LogP contribution in [0.15, 0.2) is 52.9 Å². The molecule has 0 bridgehead atoms. The molecule has 0 saturated heterocycles. The average Bonchev–Trinajstić information content (AvgIpc) is 2.69. The SMILES string of the molecule is C=CCSc1n[nH]c(=O)n1-c1ccccc1. The molecule has 0 fully saturated rings. The molecule has 0 aliphatic heterocycles. The maximum Gasteiger partial charge on any atom is 0.348 e. The lowest BCUT2D eigenvalue weighted by Gasteiger charge is -2.03. The third-order valence-electron chi connectivity index (χ3n) is 1.99. The molecule has 0 radical (unpaired) electrons. The van der Waals surface area contributed by atoms with Gasteiger partial charge in [-0.1, -0.05) is 36.0 Å². The predicted molar refractivity (Wildman–Crippen MR) is 65.1 cm³/mol. The third-order valence-corrected chi connectivity index (χ3v) is 2.92. The van der Waals surface area contributed by atoms with E-state index in [9.17, 15) is 4.79 Å². The molecule has 2 rings (SSSR count). The van der Waals surface area contributed by atoms with E-state index in [1.807, 2.05) is 30.3 Å². The molecular weight excluding hydrogens is 222 g/mol. The highest BCUT2D eigenvalue weighted by Crippen LogP contribution is 2.16. The summed E-state index contributed by atoms with van der Waals surface area (Å²) in [6, 6.07) is 9.42. The fraction of sp³-hybridized carbons (Fsp3) is 0.0909. The first-order chi connectivity index (χ1) is 7.83. The summed E-state index contributed by atoms with van der Waals surface area (Å²) < 4.78 is 1.55. The van der Waals surface area contributed by atoms with Crippen LogP contribution in [0.2, 0.25) is 0 Å². The van der Waals surface area contributed by atoms with Crippen molar-refractivity contribution in [3.63, 3.8) is 0 Å². The van der Waals surface area contributed by atoms with Crippen LogP contribution in [-0.2, 0) is 0 Å². The Morgan fingerprint density at radius 1 is 1.44 bits per heavy atom. The smallest absolute Gasteiger partial charge is 0.246 e. The number of H-pyrrole nitrogens is 1. The first kappa shape index (κ1) is 10.8. The molecule has 0 atom stereocenters. The van der Waals surface area contributed by atoms with E-state index in [0.29, 0.717) is 5.16 Å². The summed E-state index contributed by atoms with van der Waals surface area (Å²) in [7, 11) is 0. The molecule has 2 aromatic rings. The van der Waals surface area contributed by atoms with Gasteiger partial charge in [0.1, 0.15) is 0 Å². The summed E-state index contributed by atoms with van der Waals surface area (Å²) in [5.41, 5.74) is 0.588. The van der Waals surface area contributed by atoms with Gasteiger partial charge in [0.05, 0.1) is 5.69 Å². The molecule has 82 valence electrons. The largest absolute Gasteiger partial charge is 0.348 e. The van der Waals surface area contributed by atoms with Gasteiger partial charge < -0.3 is 0 Å². The second-order valence-corrected chi connectivity index (χ2v) is 4.07. The van der Waals surface area contributed by atoms with Crippen molar-refractivity contribution in [3.8, 4) is 5.69 Å². The Balaban J connectivity index is 2.43. The molecule has 0 unspecified atom stereocenters. The van der Waals surface area contributed by atoms with E-state index in [1.54, 1.807) is 10.6 Å². The normalized spacial score (nSPS) is 10.2. The lowest BCUT2D eigenvalue weighted by atomic mass is 10.3. The fourth-order valence-corrected chi connectivity index (χ4v) is 2.01. The molecule has 0 amide bonds. The summed E-state index contributed by atoms with van der Waals surface area (Å²) in [6.07, 6.45) is 1.78. The van der Waals surface area contributed by atoms with Crippen molar-refractivity contribution in [2.75, 3.05) is 5.75 Å². The van der Waals surface area contributed by atoms with Gasteiger partial charge >= 0.3 is 5.69 Å². The number of para-hydroxylation sites is 1. The third kappa shape index (κ3) is 2.09. The van der Waals surface area contributed by atoms with Crippen molar-refractivity contribution in [1.82, 2.24) is 14.8 Å². The summed E-state index contributed by atoms with van der Waals surface area (Å²) in [5.74, 6) is 0.719. The first-order valence-electron chi connectivity index (χ1n) is 4.79. The Morgan fingerprint density at radius 3 is 2.88 bits per heavy atom. The van der Waals surface area contributed by atoms with Crippen LogP contribution in [-0.4, -0.2) is 20.5 Å². The van der Waals surface area contributed by atoms with Gasteiger partial charge in [-0.05, 0) is 12.1 Å². The molecule has 1 heterocycles. The highest BCUT2D eigenvalue weighted by molar-refractivity contribution is 7.99. The molecule has 1 N–H and O–H groups in total. The molecule has 4 nitrogen and oxygen atoms in total. The topological polar surface area (TPSA) is 50.7 Å². The second kappa shape index (κ2) is 4.85. The summed E-state index contributed by atoms with van der Waals surface area (Å²) >= 11 is 1.47. The predicted octanol–water partition coefficient (Wildman–Crippen LogP) is 1.84. The van der Waals surface area contributed by atoms with Crippen LogP contribution in [0, 0.1) is 0 Å². The average molecular weight is 233 g/mol. The van der Waals surface area contributed by atoms with Crippen molar-refractivity contribution in [1.29, 1.82) is 0 Å². The minimum atomic E-state index is -0.224. The Labute approximate surface area is 97.0 Å². The van der Waals surface area contributed by atoms with Gasteiger partial charge in [0.2, 0.25) is 0 Å². The van der Waals surface area contributed by atoms with Crippen molar-refractivity contribution in [3.05, 3.63) is 53.5 Å². The first-order valence-corrected chi connectivity index (χ1v) is 5.78. The van der Waals surface area contributed by atoms with Crippen LogP contribution in [0.25, 0.3) is 5.69 Å². The van der Waals surface area contributed by atoms with Gasteiger partial charge in [-0.15, -0.1) is 11.7 Å². The molecule has 0 aliphatic rings. The van der Waals surface area contributed by atoms with E-state index >= 15 is 0 Å². The van der Waals surface area contributed by atoms with Gasteiger partial charge in [-0.2, -0.15) is 0 Å². The highest BCUT2D eigenvalue weighted by atomic mass is 32.2. The van der Waals surface area contributed by atoms with E-state index in [2.05, 4.69) is 16.8 Å². The van der Waals surface area contributed by atoms with Crippen LogP contribution in [0.5, 0.6) is 0 Å². The molecule has 5 heteroatoms. The summed E-state index contributed by atoms with van der Waals surface area (Å²) in [5, 5.41) is 7.07. The fourth-order valence-electron chi connectivity index (χ4n) is 1.32. The maximum atomic E-state index is 11.6. The molecule has 0 saturated carbocycles. The summed E-state index contributed by atoms with van der Waals surface area (Å²) in [4.78, 5) is 11.6. The van der Waals surface area contributed by atoms with Crippen molar-refractivity contribution in [2.24, 2.45) is 0 Å². The zero-order valence-corrected chi connectivity index (χ0v) is 9.41. The van der Waals surface area contributed by atoms with Crippen LogP contribution in [0.1, 0.15) is 0 Å². The number of hydrogen-bond acceptors (Lipinski definition) is 3. The Morgan fingerprint density at radius 2 is 2.19 bits per heavy atom. The van der Waals surface area contributed by atoms with Gasteiger partial charge in [0, 0.05) is 5.75 Å². The zero-order chi connectivity index (χ0) is 11.4. The van der Waals surface area contributed by atoms with E-state index in [0.717, 1.165) is 11.4 Å². The quantitative estimate of drug-likeness (QED) is 0.647. The summed E-state index contributed by atoms with van der Waals surface area (Å²) in [6.45, 7) is 3.64. The van der Waals surface area contributed by atoms with Gasteiger partial charge in [0.25, 0.3) is 0 Å². The number of aromatic nitrogens is 3. The van der Waals surface area contributed by atoms with Crippen molar-refractivity contribution >= 4 is 11.8 Å². The van der Waals surface area contributed by atoms with Gasteiger partial charge in [-0.25, -0.2) is 14.5 Å². The number of benzene rings is 1. The molecule has 16 heavy (non-hydrogen) atoms. The van der Waals surface area contributed by atoms with Gasteiger partial charge in [0.15, 0.2) is 5.16 Å². The highest BCUT2D eigenvalue weighted by Gasteiger charge is 2.09. The molecule has 0 spiro atoms. The van der Waals surface area contributed by atoms with Crippen molar-refractivity contribution < 1.29 is 0 Å². The number of nitrogens with zero attached hydrogens (tertiary/aromatic N) is 2. The van der Waals surface area contributed by atoms with E-state index in [4.69, 9.17) is 0 Å². The lowest BCUT2D eigenvalue weighted by molar-refractivity contribution is 0.871. The molecule has 1 aromatic carbocycles. The monoisotopic (exact) mass is 233 g/mol. The molecule has 0 aliphatic carbocycles. The van der Waals surface area contributed by atoms with Crippen LogP contribution in [0.4, 0.5) is 0 Å². The molecular formula is C11H11N3OS. The second-order valence-electron chi connectivity index (χ2n) is 3.08. The lowest BCUT2D eigenvalue weighted by Crippen LogP contribution is -2.15. The Kier molecular flexibility index (Phi) is 3.26. The minimum absolute atomic E-state index is 0.224. The standard InChI is InChI=1S/C11H11N3OS/c1-2-8-16-11-13-12-10(15)14(11)9-6-4-3-5-7-9/h2-7H,1,8H2,(H,12,15). The van der Waals surface area contributed by atoms with Gasteiger partial charge in [-0.3, -0.25) is 0 Å². The number of rotatable bonds is 4. The maximum absolute atomic E-state index is 11.6. The Bertz CT molecular complexity index is 530. The Hall–Kier alpha value is -1.75. The number of hydrogen-bond donors (Lipinski definition) is 1. The van der Waals surface area contributed by atoms with Crippen molar-refractivity contribution in [2.45, 2.75) is 5.16 Å². The van der Waals surface area contributed by atoms with Crippen LogP contribution >= 0.6 is 11.8 Å². The van der Waals surface area contributed by atoms with E-state index in [1.165, 1.54) is 11.8 Å². The van der Waals surface area contributed by atoms with E-state index in [-0.39, 0.29) is 5.69 Å². The van der Waals surface area contributed by atoms with Crippen LogP contribution < -0.4 is 5.69 Å². The van der Waals surface area contributed by atoms with Crippen LogP contribution in [0.3, 0.4) is 0 Å². The molecule has 1 aromatic heterocycles. The number of aromatic amines is 1. The zero-order valence-electron chi connectivity index (χ0n) is 8.59. The number of nitrogens with one attached hydrogen (secondary N) is 1. The minimum Gasteiger partial charge on any atom is -0.246 e.